The third-order valence-corrected chi connectivity index (χ3v) is 12.4. The summed E-state index contributed by atoms with van der Waals surface area (Å²) in [5.74, 6) is -2.68. The topological polar surface area (TPSA) is 178 Å². The van der Waals surface area contributed by atoms with Crippen LogP contribution in [0.4, 0.5) is 4.79 Å². The van der Waals surface area contributed by atoms with Gasteiger partial charge in [-0.1, -0.05) is 119 Å². The smallest absolute Gasteiger partial charge is 0.315 e. The molecule has 7 amide bonds. The number of nitrogens with one attached hydrogen (secondary N) is 6. The van der Waals surface area contributed by atoms with Gasteiger partial charge in [0.1, 0.15) is 6.04 Å². The van der Waals surface area contributed by atoms with Crippen LogP contribution in [0.2, 0.25) is 0 Å². The average Bonchev–Trinajstić information content (AvgIpc) is 4.20. The first kappa shape index (κ1) is 45.8. The van der Waals surface area contributed by atoms with Gasteiger partial charge in [-0.2, -0.15) is 0 Å². The lowest BCUT2D eigenvalue weighted by molar-refractivity contribution is -0.133. The number of rotatable bonds is 23. The summed E-state index contributed by atoms with van der Waals surface area (Å²) in [5.41, 5.74) is 2.90. The van der Waals surface area contributed by atoms with Crippen LogP contribution in [-0.4, -0.2) is 91.3 Å². The van der Waals surface area contributed by atoms with E-state index in [1.807, 2.05) is 36.4 Å². The Morgan fingerprint density at radius 3 is 1.60 bits per heavy atom. The van der Waals surface area contributed by atoms with Gasteiger partial charge in [0.05, 0.1) is 11.8 Å². The summed E-state index contributed by atoms with van der Waals surface area (Å²) in [6.45, 7) is 5.26. The van der Waals surface area contributed by atoms with Crippen LogP contribution in [0.3, 0.4) is 0 Å². The largest absolute Gasteiger partial charge is 0.354 e. The molecule has 7 atom stereocenters. The molecule has 3 aromatic carbocycles. The third-order valence-electron chi connectivity index (χ3n) is 12.4. The van der Waals surface area contributed by atoms with E-state index in [9.17, 15) is 28.8 Å². The summed E-state index contributed by atoms with van der Waals surface area (Å²) in [6, 6.07) is 24.7. The van der Waals surface area contributed by atoms with E-state index in [1.165, 1.54) is 12.1 Å². The number of carbonyl (C=O) groups excluding carboxylic acids is 6. The lowest BCUT2D eigenvalue weighted by atomic mass is 9.94. The van der Waals surface area contributed by atoms with Crippen molar-refractivity contribution < 1.29 is 28.8 Å². The SMILES string of the molecule is CCCCCCCNC(=O)N[C@@H](CNC(=O)c1ccc(C(=O)N2C[C@@H](C(=O)N[C@H]3C[C@@H]3c3ccccc3)[C@H](C(=O)N[C@H]3C[C@@H]3c3ccccc3)C2)cc1)C(=O)NCCCCCC. The van der Waals surface area contributed by atoms with Gasteiger partial charge in [-0.05, 0) is 61.1 Å². The second-order valence-corrected chi connectivity index (χ2v) is 17.2. The molecule has 1 saturated heterocycles. The summed E-state index contributed by atoms with van der Waals surface area (Å²) in [4.78, 5) is 82.4. The van der Waals surface area contributed by atoms with Crippen molar-refractivity contribution >= 4 is 35.6 Å². The van der Waals surface area contributed by atoms with E-state index < -0.39 is 29.8 Å². The Morgan fingerprint density at radius 1 is 0.581 bits per heavy atom. The molecule has 2 aliphatic carbocycles. The number of unbranched alkanes of at least 4 members (excludes halogenated alkanes) is 7. The number of benzene rings is 3. The number of likely N-dealkylation sites (tertiary alicyclic amines) is 1. The first-order chi connectivity index (χ1) is 30.2. The number of urea groups is 1. The van der Waals surface area contributed by atoms with Crippen molar-refractivity contribution in [3.8, 4) is 0 Å². The van der Waals surface area contributed by atoms with Gasteiger partial charge in [-0.15, -0.1) is 0 Å². The van der Waals surface area contributed by atoms with Crippen molar-refractivity contribution in [2.24, 2.45) is 11.8 Å². The van der Waals surface area contributed by atoms with E-state index >= 15 is 0 Å². The summed E-state index contributed by atoms with van der Waals surface area (Å²) in [5, 5.41) is 17.5. The normalized spacial score (nSPS) is 21.5. The van der Waals surface area contributed by atoms with E-state index in [0.29, 0.717) is 18.7 Å². The molecule has 0 spiro atoms. The third kappa shape index (κ3) is 13.1. The van der Waals surface area contributed by atoms with Gasteiger partial charge in [0.25, 0.3) is 11.8 Å². The van der Waals surface area contributed by atoms with Gasteiger partial charge >= 0.3 is 6.03 Å². The number of hydrogen-bond donors (Lipinski definition) is 6. The molecule has 62 heavy (non-hydrogen) atoms. The van der Waals surface area contributed by atoms with Crippen molar-refractivity contribution in [1.82, 2.24) is 36.8 Å². The minimum Gasteiger partial charge on any atom is -0.354 e. The predicted molar refractivity (Wildman–Crippen MR) is 239 cm³/mol. The van der Waals surface area contributed by atoms with Crippen LogP contribution >= 0.6 is 0 Å². The molecule has 3 aliphatic rings. The van der Waals surface area contributed by atoms with Gasteiger partial charge in [0.2, 0.25) is 17.7 Å². The van der Waals surface area contributed by atoms with E-state index in [1.54, 1.807) is 17.0 Å². The van der Waals surface area contributed by atoms with Crippen LogP contribution < -0.4 is 31.9 Å². The fourth-order valence-corrected chi connectivity index (χ4v) is 8.41. The molecule has 1 heterocycles. The highest BCUT2D eigenvalue weighted by Crippen LogP contribution is 2.42. The first-order valence-corrected chi connectivity index (χ1v) is 22.9. The molecule has 13 nitrogen and oxygen atoms in total. The lowest BCUT2D eigenvalue weighted by Gasteiger charge is -2.20. The van der Waals surface area contributed by atoms with Crippen molar-refractivity contribution in [2.75, 3.05) is 32.7 Å². The molecule has 0 radical (unpaired) electrons. The quantitative estimate of drug-likeness (QED) is 0.0659. The predicted octanol–water partition coefficient (Wildman–Crippen LogP) is 5.78. The van der Waals surface area contributed by atoms with Gasteiger partial charge < -0.3 is 36.8 Å². The standard InChI is InChI=1S/C49H65N7O6/c1-3-5-7-9-17-27-51-49(62)55-43(47(60)50-26-16-8-6-4-2)30-52-44(57)35-22-24-36(25-23-35)48(61)56-31-39(45(58)53-41-28-37(41)33-18-12-10-13-19-33)40(32-56)46(59)54-42-29-38(42)34-20-14-11-15-21-34/h10-15,18-25,37-43H,3-9,16-17,26-32H2,1-2H3,(H,50,60)(H,52,57)(H,53,58)(H,54,59)(H2,51,55,62)/t37-,38-,39-,40-,41+,42+,43+/m1/s1. The first-order valence-electron chi connectivity index (χ1n) is 22.9. The zero-order valence-electron chi connectivity index (χ0n) is 36.3. The monoisotopic (exact) mass is 847 g/mol. The molecule has 6 N–H and O–H groups in total. The maximum atomic E-state index is 14.0. The lowest BCUT2D eigenvalue weighted by Crippen LogP contribution is -2.55. The summed E-state index contributed by atoms with van der Waals surface area (Å²) in [6.07, 6.45) is 10.8. The second kappa shape index (κ2) is 22.9. The number of amides is 7. The van der Waals surface area contributed by atoms with Crippen LogP contribution in [0.5, 0.6) is 0 Å². The zero-order chi connectivity index (χ0) is 43.8. The number of carbonyl (C=O) groups is 6. The molecule has 0 bridgehead atoms. The van der Waals surface area contributed by atoms with Crippen molar-refractivity contribution in [3.05, 3.63) is 107 Å². The van der Waals surface area contributed by atoms with E-state index in [2.05, 4.69) is 70.0 Å². The molecule has 0 aromatic heterocycles. The van der Waals surface area contributed by atoms with Gasteiger partial charge in [0.15, 0.2) is 0 Å². The Labute approximate surface area is 366 Å². The Kier molecular flexibility index (Phi) is 16.9. The molecule has 0 unspecified atom stereocenters. The number of nitrogens with zero attached hydrogens (tertiary/aromatic N) is 1. The van der Waals surface area contributed by atoms with E-state index in [4.69, 9.17) is 0 Å². The minimum absolute atomic E-state index is 0.0267. The van der Waals surface area contributed by atoms with E-state index in [0.717, 1.165) is 81.8 Å². The fourth-order valence-electron chi connectivity index (χ4n) is 8.41. The van der Waals surface area contributed by atoms with Gasteiger partial charge in [0, 0.05) is 67.8 Å². The molecule has 2 saturated carbocycles. The van der Waals surface area contributed by atoms with Crippen LogP contribution in [0.25, 0.3) is 0 Å². The van der Waals surface area contributed by atoms with Crippen LogP contribution in [0.1, 0.15) is 128 Å². The molecule has 1 aliphatic heterocycles. The molecule has 332 valence electrons. The summed E-state index contributed by atoms with van der Waals surface area (Å²) in [7, 11) is 0. The minimum atomic E-state index is -0.996. The van der Waals surface area contributed by atoms with Gasteiger partial charge in [-0.3, -0.25) is 24.0 Å². The summed E-state index contributed by atoms with van der Waals surface area (Å²) < 4.78 is 0. The zero-order valence-corrected chi connectivity index (χ0v) is 36.3. The highest BCUT2D eigenvalue weighted by Gasteiger charge is 2.49. The molecular formula is C49H65N7O6. The van der Waals surface area contributed by atoms with Crippen molar-refractivity contribution in [1.29, 1.82) is 0 Å². The Bertz CT molecular complexity index is 1890. The van der Waals surface area contributed by atoms with Crippen LogP contribution in [0, 0.1) is 11.8 Å². The molecule has 13 heteroatoms. The maximum Gasteiger partial charge on any atom is 0.315 e. The highest BCUT2D eigenvalue weighted by atomic mass is 16.2. The molecule has 3 fully saturated rings. The molecule has 6 rings (SSSR count). The average molecular weight is 848 g/mol. The number of hydrogen-bond acceptors (Lipinski definition) is 6. The fraction of sp³-hybridized carbons (Fsp3) is 0.510. The Balaban J connectivity index is 1.05. The van der Waals surface area contributed by atoms with Crippen molar-refractivity contribution in [3.63, 3.8) is 0 Å². The van der Waals surface area contributed by atoms with E-state index in [-0.39, 0.29) is 72.7 Å². The van der Waals surface area contributed by atoms with Crippen LogP contribution in [-0.2, 0) is 14.4 Å². The maximum absolute atomic E-state index is 14.0. The molecular weight excluding hydrogens is 783 g/mol. The second-order valence-electron chi connectivity index (χ2n) is 17.2. The Hall–Kier alpha value is -5.72. The highest BCUT2D eigenvalue weighted by molar-refractivity contribution is 5.99. The van der Waals surface area contributed by atoms with Crippen LogP contribution in [0.15, 0.2) is 84.9 Å². The van der Waals surface area contributed by atoms with Gasteiger partial charge in [-0.25, -0.2) is 4.79 Å². The summed E-state index contributed by atoms with van der Waals surface area (Å²) >= 11 is 0. The molecule has 3 aromatic rings. The van der Waals surface area contributed by atoms with Crippen molar-refractivity contribution in [2.45, 2.75) is 114 Å². The Morgan fingerprint density at radius 2 is 1.06 bits per heavy atom.